The van der Waals surface area contributed by atoms with Gasteiger partial charge in [-0.3, -0.25) is 4.79 Å². The number of halogens is 1. The van der Waals surface area contributed by atoms with Crippen LogP contribution in [0.5, 0.6) is 0 Å². The van der Waals surface area contributed by atoms with Gasteiger partial charge in [0.15, 0.2) is 6.54 Å². The minimum absolute atomic E-state index is 0. The van der Waals surface area contributed by atoms with Crippen LogP contribution in [-0.4, -0.2) is 86.9 Å². The zero-order chi connectivity index (χ0) is 25.6. The maximum atomic E-state index is 13.0. The molecule has 0 aromatic heterocycles. The maximum absolute atomic E-state index is 13.0. The molecule has 0 spiro atoms. The summed E-state index contributed by atoms with van der Waals surface area (Å²) in [5.74, 6) is 1.19. The monoisotopic (exact) mass is 518 g/mol. The third-order valence-electron chi connectivity index (χ3n) is 7.86. The summed E-state index contributed by atoms with van der Waals surface area (Å²) in [6.07, 6.45) is 14.0. The lowest BCUT2D eigenvalue weighted by Gasteiger charge is -2.27. The molecular formula is C28H57ClN3O3+. The van der Waals surface area contributed by atoms with Crippen LogP contribution in [0.2, 0.25) is 0 Å². The van der Waals surface area contributed by atoms with Crippen LogP contribution >= 0.6 is 0 Å². The summed E-state index contributed by atoms with van der Waals surface area (Å²) in [5.41, 5.74) is 0. The maximum Gasteiger partial charge on any atom is 0.359 e. The van der Waals surface area contributed by atoms with Crippen molar-refractivity contribution in [3.8, 4) is 0 Å². The van der Waals surface area contributed by atoms with Crippen LogP contribution in [0.25, 0.3) is 0 Å². The Morgan fingerprint density at radius 2 is 1.54 bits per heavy atom. The van der Waals surface area contributed by atoms with Crippen molar-refractivity contribution in [3.63, 3.8) is 0 Å². The van der Waals surface area contributed by atoms with Gasteiger partial charge in [-0.25, -0.2) is 4.79 Å². The number of carboxylic acids is 1. The molecule has 0 aromatic rings. The predicted molar refractivity (Wildman–Crippen MR) is 142 cm³/mol. The zero-order valence-electron chi connectivity index (χ0n) is 23.8. The number of amides is 1. The van der Waals surface area contributed by atoms with Crippen LogP contribution in [0.15, 0.2) is 0 Å². The summed E-state index contributed by atoms with van der Waals surface area (Å²) in [6.45, 7) is 8.65. The highest BCUT2D eigenvalue weighted by molar-refractivity contribution is 5.78. The Morgan fingerprint density at radius 3 is 2.17 bits per heavy atom. The van der Waals surface area contributed by atoms with Gasteiger partial charge in [-0.05, 0) is 25.7 Å². The van der Waals surface area contributed by atoms with Crippen LogP contribution in [-0.2, 0) is 9.59 Å². The average Bonchev–Trinajstić information content (AvgIpc) is 3.04. The largest absolute Gasteiger partial charge is 1.00 e. The Bertz CT molecular complexity index is 598. The summed E-state index contributed by atoms with van der Waals surface area (Å²) in [5, 5.41) is 12.2. The summed E-state index contributed by atoms with van der Waals surface area (Å²) in [4.78, 5) is 24.1. The molecule has 1 rings (SSSR count). The number of carbonyl (C=O) groups is 2. The molecule has 35 heavy (non-hydrogen) atoms. The number of hydrogen-bond acceptors (Lipinski definition) is 2. The fraction of sp³-hybridized carbons (Fsp3) is 0.929. The molecule has 1 heterocycles. The average molecular weight is 519 g/mol. The Kier molecular flexibility index (Phi) is 17.2. The smallest absolute Gasteiger partial charge is 0.359 e. The van der Waals surface area contributed by atoms with Gasteiger partial charge in [0.25, 0.3) is 0 Å². The molecule has 0 bridgehead atoms. The minimum atomic E-state index is -0.775. The van der Waals surface area contributed by atoms with E-state index >= 15 is 0 Å². The van der Waals surface area contributed by atoms with Gasteiger partial charge in [0.05, 0.1) is 47.8 Å². The van der Waals surface area contributed by atoms with E-state index in [1.165, 1.54) is 58.0 Å². The molecule has 0 aromatic carbocycles. The predicted octanol–water partition coefficient (Wildman–Crippen LogP) is 1.93. The number of unbranched alkanes of at least 4 members (excludes halogenated alkanes) is 5. The molecule has 3 unspecified atom stereocenters. The van der Waals surface area contributed by atoms with Crippen molar-refractivity contribution >= 4 is 11.9 Å². The van der Waals surface area contributed by atoms with Crippen molar-refractivity contribution in [1.82, 2.24) is 5.32 Å². The lowest BCUT2D eigenvalue weighted by Crippen LogP contribution is -3.00. The normalized spacial score (nSPS) is 20.3. The first-order chi connectivity index (χ1) is 16.0. The van der Waals surface area contributed by atoms with Gasteiger partial charge >= 0.3 is 5.97 Å². The molecule has 1 amide bonds. The Hall–Kier alpha value is -0.850. The van der Waals surface area contributed by atoms with Crippen LogP contribution in [0, 0.1) is 17.8 Å². The first-order valence-electron chi connectivity index (χ1n) is 14.1. The second kappa shape index (κ2) is 17.6. The fourth-order valence-corrected chi connectivity index (χ4v) is 5.94. The van der Waals surface area contributed by atoms with Crippen molar-refractivity contribution in [2.75, 3.05) is 60.9 Å². The molecule has 1 aliphatic rings. The van der Waals surface area contributed by atoms with E-state index in [1.807, 2.05) is 14.1 Å². The molecule has 208 valence electrons. The highest BCUT2D eigenvalue weighted by atomic mass is 35.5. The summed E-state index contributed by atoms with van der Waals surface area (Å²) in [7, 11) is 8.58. The molecule has 3 atom stereocenters. The van der Waals surface area contributed by atoms with Gasteiger partial charge in [-0.15, -0.1) is 0 Å². The van der Waals surface area contributed by atoms with Gasteiger partial charge in [-0.1, -0.05) is 58.8 Å². The molecule has 0 radical (unpaired) electrons. The van der Waals surface area contributed by atoms with Crippen molar-refractivity contribution in [1.29, 1.82) is 0 Å². The Labute approximate surface area is 222 Å². The number of aliphatic carboxylic acids is 1. The fourth-order valence-electron chi connectivity index (χ4n) is 5.94. The summed E-state index contributed by atoms with van der Waals surface area (Å²) >= 11 is 0. The van der Waals surface area contributed by atoms with E-state index in [2.05, 4.69) is 33.3 Å². The number of carbonyl (C=O) groups excluding carboxylic acids is 1. The number of likely N-dealkylation sites (tertiary alicyclic amines) is 1. The van der Waals surface area contributed by atoms with Crippen LogP contribution < -0.4 is 17.7 Å². The molecule has 1 aliphatic heterocycles. The van der Waals surface area contributed by atoms with E-state index in [0.29, 0.717) is 11.0 Å². The number of nitrogens with zero attached hydrogens (tertiary/aromatic N) is 2. The van der Waals surface area contributed by atoms with Gasteiger partial charge in [0.2, 0.25) is 5.91 Å². The van der Waals surface area contributed by atoms with Crippen LogP contribution in [0.3, 0.4) is 0 Å². The van der Waals surface area contributed by atoms with Gasteiger partial charge in [-0.2, -0.15) is 0 Å². The number of nitrogens with one attached hydrogen (secondary N) is 1. The van der Waals surface area contributed by atoms with Crippen molar-refractivity contribution in [3.05, 3.63) is 0 Å². The number of hydrogen-bond donors (Lipinski definition) is 2. The topological polar surface area (TPSA) is 66.4 Å². The molecular weight excluding hydrogens is 462 g/mol. The van der Waals surface area contributed by atoms with E-state index in [1.54, 1.807) is 0 Å². The molecule has 2 N–H and O–H groups in total. The third-order valence-corrected chi connectivity index (χ3v) is 7.86. The second-order valence-corrected chi connectivity index (χ2v) is 12.3. The van der Waals surface area contributed by atoms with E-state index in [-0.39, 0.29) is 30.8 Å². The highest BCUT2D eigenvalue weighted by Gasteiger charge is 2.38. The SMILES string of the molecule is CCCCCCCCC(CCCC1C[N+](C)(C)CC1CC)C(=O)NCCC[N+](C)(C)CC(=O)O.[Cl-]. The van der Waals surface area contributed by atoms with Gasteiger partial charge in [0, 0.05) is 30.7 Å². The first kappa shape index (κ1) is 34.1. The van der Waals surface area contributed by atoms with Gasteiger partial charge < -0.3 is 31.8 Å². The highest BCUT2D eigenvalue weighted by Crippen LogP contribution is 2.33. The van der Waals surface area contributed by atoms with Crippen LogP contribution in [0.4, 0.5) is 0 Å². The number of carboxylic acid groups (broad SMARTS) is 1. The molecule has 0 saturated carbocycles. The molecule has 7 heteroatoms. The van der Waals surface area contributed by atoms with Crippen molar-refractivity contribution in [2.45, 2.75) is 90.9 Å². The summed E-state index contributed by atoms with van der Waals surface area (Å²) < 4.78 is 1.59. The molecule has 0 aliphatic carbocycles. The number of quaternary nitrogens is 2. The molecule has 1 saturated heterocycles. The number of rotatable bonds is 19. The minimum Gasteiger partial charge on any atom is -1.00 e. The van der Waals surface area contributed by atoms with Crippen molar-refractivity contribution < 1.29 is 36.1 Å². The van der Waals surface area contributed by atoms with E-state index in [9.17, 15) is 9.59 Å². The van der Waals surface area contributed by atoms with E-state index < -0.39 is 5.97 Å². The van der Waals surface area contributed by atoms with Crippen LogP contribution in [0.1, 0.15) is 90.9 Å². The standard InChI is InChI=1S/C28H55N3O3.ClH/c1-7-9-10-11-12-13-16-25(17-14-18-26-22-31(5,6)21-24(26)8-2)28(34)29-19-15-20-30(3,4)23-27(32)33;/h24-26H,7-23H2,1-6H3;1H/p+1. The quantitative estimate of drug-likeness (QED) is 0.203. The number of likely N-dealkylation sites (N-methyl/N-ethyl adjacent to an activating group) is 1. The lowest BCUT2D eigenvalue weighted by molar-refractivity contribution is -0.883. The van der Waals surface area contributed by atoms with E-state index in [0.717, 1.165) is 55.0 Å². The third kappa shape index (κ3) is 15.1. The first-order valence-corrected chi connectivity index (χ1v) is 14.1. The van der Waals surface area contributed by atoms with E-state index in [4.69, 9.17) is 5.11 Å². The Balaban J connectivity index is 0.0000116. The zero-order valence-corrected chi connectivity index (χ0v) is 24.5. The molecule has 1 fully saturated rings. The Morgan fingerprint density at radius 1 is 0.943 bits per heavy atom. The summed E-state index contributed by atoms with van der Waals surface area (Å²) in [6, 6.07) is 0. The lowest BCUT2D eigenvalue weighted by atomic mass is 9.86. The van der Waals surface area contributed by atoms with Crippen molar-refractivity contribution in [2.24, 2.45) is 17.8 Å². The molecule has 6 nitrogen and oxygen atoms in total. The van der Waals surface area contributed by atoms with Gasteiger partial charge in [0.1, 0.15) is 0 Å². The second-order valence-electron chi connectivity index (χ2n) is 12.3.